The van der Waals surface area contributed by atoms with Crippen molar-refractivity contribution in [1.29, 1.82) is 0 Å². The van der Waals surface area contributed by atoms with Crippen LogP contribution in [0.3, 0.4) is 0 Å². The molecule has 4 N–H and O–H groups in total. The van der Waals surface area contributed by atoms with Gasteiger partial charge in [-0.1, -0.05) is 0 Å². The molecule has 0 bridgehead atoms. The van der Waals surface area contributed by atoms with Crippen molar-refractivity contribution >= 4 is 18.0 Å². The van der Waals surface area contributed by atoms with E-state index in [9.17, 15) is 14.4 Å². The second-order valence-electron chi connectivity index (χ2n) is 4.00. The lowest BCUT2D eigenvalue weighted by molar-refractivity contribution is -0.140. The van der Waals surface area contributed by atoms with Crippen molar-refractivity contribution in [3.63, 3.8) is 0 Å². The molecule has 0 aromatic heterocycles. The highest BCUT2D eigenvalue weighted by atomic mass is 16.4. The minimum absolute atomic E-state index is 0.0527. The number of urea groups is 1. The zero-order chi connectivity index (χ0) is 14.3. The van der Waals surface area contributed by atoms with E-state index in [1.807, 2.05) is 0 Å². The third-order valence-electron chi connectivity index (χ3n) is 2.13. The van der Waals surface area contributed by atoms with Gasteiger partial charge in [-0.3, -0.25) is 4.79 Å². The maximum Gasteiger partial charge on any atom is 0.326 e. The highest BCUT2D eigenvalue weighted by Gasteiger charge is 2.22. The highest BCUT2D eigenvalue weighted by molar-refractivity contribution is 5.82. The predicted molar refractivity (Wildman–Crippen MR) is 61.1 cm³/mol. The van der Waals surface area contributed by atoms with Crippen molar-refractivity contribution in [2.75, 3.05) is 13.6 Å². The van der Waals surface area contributed by atoms with E-state index < -0.39 is 30.1 Å². The number of carboxylic acid groups (broad SMARTS) is 2. The molecular formula is C10H18N2O6. The standard InChI is InChI=1S/C10H18N2O6/c1-6(13)5-12(2)10(18)11-7(9(16)17)3-4-8(14)15/h6-7,13H,3-5H2,1-2H3,(H,11,18)(H,14,15)(H,16,17). The van der Waals surface area contributed by atoms with Crippen LogP contribution in [0, 0.1) is 0 Å². The molecule has 0 rings (SSSR count). The average molecular weight is 262 g/mol. The molecule has 0 saturated carbocycles. The first-order valence-corrected chi connectivity index (χ1v) is 5.38. The van der Waals surface area contributed by atoms with Crippen LogP contribution in [0.1, 0.15) is 19.8 Å². The molecule has 8 nitrogen and oxygen atoms in total. The Morgan fingerprint density at radius 1 is 1.28 bits per heavy atom. The molecule has 0 aliphatic heterocycles. The molecule has 0 aliphatic carbocycles. The minimum atomic E-state index is -1.30. The Labute approximate surface area is 104 Å². The lowest BCUT2D eigenvalue weighted by atomic mass is 10.1. The van der Waals surface area contributed by atoms with Crippen LogP contribution in [0.15, 0.2) is 0 Å². The third kappa shape index (κ3) is 6.69. The molecule has 0 fully saturated rings. The van der Waals surface area contributed by atoms with Crippen molar-refractivity contribution in [2.45, 2.75) is 31.9 Å². The van der Waals surface area contributed by atoms with Gasteiger partial charge in [0.15, 0.2) is 0 Å². The van der Waals surface area contributed by atoms with Gasteiger partial charge in [-0.2, -0.15) is 0 Å². The van der Waals surface area contributed by atoms with E-state index in [1.54, 1.807) is 0 Å². The Balaban J connectivity index is 4.35. The van der Waals surface area contributed by atoms with Crippen LogP contribution in [-0.2, 0) is 9.59 Å². The lowest BCUT2D eigenvalue weighted by Gasteiger charge is -2.22. The number of carbonyl (C=O) groups is 3. The second-order valence-corrected chi connectivity index (χ2v) is 4.00. The number of carboxylic acids is 2. The van der Waals surface area contributed by atoms with Gasteiger partial charge in [0.25, 0.3) is 0 Å². The second kappa shape index (κ2) is 7.49. The summed E-state index contributed by atoms with van der Waals surface area (Å²) in [6.07, 6.45) is -1.28. The van der Waals surface area contributed by atoms with Gasteiger partial charge in [-0.25, -0.2) is 9.59 Å². The van der Waals surface area contributed by atoms with Gasteiger partial charge in [0.05, 0.1) is 6.10 Å². The van der Waals surface area contributed by atoms with Crippen molar-refractivity contribution in [1.82, 2.24) is 10.2 Å². The topological polar surface area (TPSA) is 127 Å². The summed E-state index contributed by atoms with van der Waals surface area (Å²) >= 11 is 0. The number of aliphatic hydroxyl groups is 1. The Bertz CT molecular complexity index is 317. The fraction of sp³-hybridized carbons (Fsp3) is 0.700. The molecule has 0 saturated heterocycles. The van der Waals surface area contributed by atoms with E-state index in [0.29, 0.717) is 0 Å². The van der Waals surface area contributed by atoms with Crippen molar-refractivity contribution in [3.8, 4) is 0 Å². The number of carbonyl (C=O) groups excluding carboxylic acids is 1. The van der Waals surface area contributed by atoms with Gasteiger partial charge in [0, 0.05) is 20.0 Å². The van der Waals surface area contributed by atoms with E-state index in [2.05, 4.69) is 5.32 Å². The molecule has 0 spiro atoms. The van der Waals surface area contributed by atoms with E-state index >= 15 is 0 Å². The Morgan fingerprint density at radius 3 is 2.22 bits per heavy atom. The number of amides is 2. The van der Waals surface area contributed by atoms with Crippen LogP contribution in [0.2, 0.25) is 0 Å². The molecule has 0 aromatic carbocycles. The summed E-state index contributed by atoms with van der Waals surface area (Å²) in [5, 5.41) is 28.5. The number of nitrogens with one attached hydrogen (secondary N) is 1. The quantitative estimate of drug-likeness (QED) is 0.481. The van der Waals surface area contributed by atoms with Gasteiger partial charge in [0.1, 0.15) is 6.04 Å². The monoisotopic (exact) mass is 262 g/mol. The van der Waals surface area contributed by atoms with Gasteiger partial charge in [-0.05, 0) is 13.3 Å². The molecule has 104 valence electrons. The summed E-state index contributed by atoms with van der Waals surface area (Å²) in [5.74, 6) is -2.43. The van der Waals surface area contributed by atoms with Crippen LogP contribution in [0.5, 0.6) is 0 Å². The molecule has 8 heteroatoms. The first-order valence-electron chi connectivity index (χ1n) is 5.38. The van der Waals surface area contributed by atoms with Crippen LogP contribution in [-0.4, -0.2) is 63.9 Å². The SMILES string of the molecule is CC(O)CN(C)C(=O)NC(CCC(=O)O)C(=O)O. The maximum atomic E-state index is 11.5. The Hall–Kier alpha value is -1.83. The van der Waals surface area contributed by atoms with Gasteiger partial charge < -0.3 is 25.5 Å². The number of aliphatic hydroxyl groups excluding tert-OH is 1. The van der Waals surface area contributed by atoms with Gasteiger partial charge in [0.2, 0.25) is 0 Å². The molecule has 0 radical (unpaired) electrons. The Morgan fingerprint density at radius 2 is 1.83 bits per heavy atom. The summed E-state index contributed by atoms with van der Waals surface area (Å²) in [5.41, 5.74) is 0. The van der Waals surface area contributed by atoms with Crippen LogP contribution in [0.25, 0.3) is 0 Å². The molecule has 2 amide bonds. The van der Waals surface area contributed by atoms with Gasteiger partial charge >= 0.3 is 18.0 Å². The minimum Gasteiger partial charge on any atom is -0.481 e. The summed E-state index contributed by atoms with van der Waals surface area (Å²) < 4.78 is 0. The van der Waals surface area contributed by atoms with E-state index in [4.69, 9.17) is 15.3 Å². The first kappa shape index (κ1) is 16.2. The molecule has 0 aromatic rings. The molecule has 18 heavy (non-hydrogen) atoms. The molecule has 0 aliphatic rings. The van der Waals surface area contributed by atoms with Crippen LogP contribution >= 0.6 is 0 Å². The lowest BCUT2D eigenvalue weighted by Crippen LogP contribution is -2.48. The summed E-state index contributed by atoms with van der Waals surface area (Å²) in [6.45, 7) is 1.54. The van der Waals surface area contributed by atoms with E-state index in [0.717, 1.165) is 4.90 Å². The normalized spacial score (nSPS) is 13.5. The van der Waals surface area contributed by atoms with Crippen molar-refractivity contribution in [2.24, 2.45) is 0 Å². The number of likely N-dealkylation sites (N-methyl/N-ethyl adjacent to an activating group) is 1. The number of nitrogens with zero attached hydrogens (tertiary/aromatic N) is 1. The fourth-order valence-electron chi connectivity index (χ4n) is 1.26. The molecule has 2 unspecified atom stereocenters. The molecule has 0 heterocycles. The third-order valence-corrected chi connectivity index (χ3v) is 2.13. The Kier molecular flexibility index (Phi) is 6.73. The van der Waals surface area contributed by atoms with Crippen molar-refractivity contribution < 1.29 is 29.7 Å². The summed E-state index contributed by atoms with van der Waals surface area (Å²) in [7, 11) is 1.40. The molecular weight excluding hydrogens is 244 g/mol. The largest absolute Gasteiger partial charge is 0.481 e. The zero-order valence-electron chi connectivity index (χ0n) is 10.3. The van der Waals surface area contributed by atoms with E-state index in [-0.39, 0.29) is 19.4 Å². The number of aliphatic carboxylic acids is 2. The maximum absolute atomic E-state index is 11.5. The van der Waals surface area contributed by atoms with Crippen LogP contribution < -0.4 is 5.32 Å². The van der Waals surface area contributed by atoms with Crippen LogP contribution in [0.4, 0.5) is 4.79 Å². The zero-order valence-corrected chi connectivity index (χ0v) is 10.3. The van der Waals surface area contributed by atoms with Gasteiger partial charge in [-0.15, -0.1) is 0 Å². The number of rotatable bonds is 7. The predicted octanol–water partition coefficient (Wildman–Crippen LogP) is -0.673. The highest BCUT2D eigenvalue weighted by Crippen LogP contribution is 2.00. The fourth-order valence-corrected chi connectivity index (χ4v) is 1.26. The van der Waals surface area contributed by atoms with Crippen molar-refractivity contribution in [3.05, 3.63) is 0 Å². The average Bonchev–Trinajstić information content (AvgIpc) is 2.21. The smallest absolute Gasteiger partial charge is 0.326 e. The van der Waals surface area contributed by atoms with E-state index in [1.165, 1.54) is 14.0 Å². The summed E-state index contributed by atoms with van der Waals surface area (Å²) in [4.78, 5) is 33.8. The molecule has 2 atom stereocenters. The first-order chi connectivity index (χ1) is 8.23. The number of hydrogen-bond acceptors (Lipinski definition) is 4. The summed E-state index contributed by atoms with van der Waals surface area (Å²) in [6, 6.07) is -1.93. The number of hydrogen-bond donors (Lipinski definition) is 4.